The van der Waals surface area contributed by atoms with Gasteiger partial charge in [0, 0.05) is 18.6 Å². The van der Waals surface area contributed by atoms with Gasteiger partial charge in [-0.05, 0) is 51.1 Å². The first kappa shape index (κ1) is 15.1. The van der Waals surface area contributed by atoms with Crippen molar-refractivity contribution in [3.8, 4) is 11.5 Å². The number of nitrogens with zero attached hydrogens (tertiary/aromatic N) is 1. The van der Waals surface area contributed by atoms with Crippen LogP contribution >= 0.6 is 0 Å². The van der Waals surface area contributed by atoms with E-state index in [1.54, 1.807) is 14.2 Å². The minimum Gasteiger partial charge on any atom is -0.493 e. The molecular weight excluding hydrogens is 252 g/mol. The Kier molecular flexibility index (Phi) is 5.26. The number of benzene rings is 1. The van der Waals surface area contributed by atoms with Crippen LogP contribution in [0.5, 0.6) is 11.5 Å². The molecule has 1 saturated heterocycles. The first-order chi connectivity index (χ1) is 9.69. The van der Waals surface area contributed by atoms with Crippen molar-refractivity contribution in [1.29, 1.82) is 0 Å². The molecule has 1 aliphatic heterocycles. The zero-order valence-electron chi connectivity index (χ0n) is 13.0. The Balaban J connectivity index is 2.14. The molecule has 0 spiro atoms. The molecule has 112 valence electrons. The van der Waals surface area contributed by atoms with Crippen LogP contribution in [0.15, 0.2) is 18.2 Å². The van der Waals surface area contributed by atoms with Gasteiger partial charge < -0.3 is 14.8 Å². The van der Waals surface area contributed by atoms with E-state index in [4.69, 9.17) is 9.47 Å². The Labute approximate surface area is 122 Å². The SMILES string of the molecule is CNC(CN1CCCC1C)c1ccc(OC)c(OC)c1. The first-order valence-corrected chi connectivity index (χ1v) is 7.32. The highest BCUT2D eigenvalue weighted by atomic mass is 16.5. The van der Waals surface area contributed by atoms with Gasteiger partial charge in [-0.1, -0.05) is 6.07 Å². The molecule has 0 radical (unpaired) electrons. The van der Waals surface area contributed by atoms with Crippen molar-refractivity contribution in [1.82, 2.24) is 10.2 Å². The number of rotatable bonds is 6. The van der Waals surface area contributed by atoms with Gasteiger partial charge in [0.2, 0.25) is 0 Å². The Morgan fingerprint density at radius 1 is 1.30 bits per heavy atom. The number of likely N-dealkylation sites (N-methyl/N-ethyl adjacent to an activating group) is 1. The summed E-state index contributed by atoms with van der Waals surface area (Å²) < 4.78 is 10.7. The van der Waals surface area contributed by atoms with E-state index in [0.717, 1.165) is 18.0 Å². The largest absolute Gasteiger partial charge is 0.493 e. The second-order valence-electron chi connectivity index (χ2n) is 5.44. The average Bonchev–Trinajstić information content (AvgIpc) is 2.89. The Morgan fingerprint density at radius 2 is 2.05 bits per heavy atom. The summed E-state index contributed by atoms with van der Waals surface area (Å²) in [5.41, 5.74) is 1.24. The maximum Gasteiger partial charge on any atom is 0.161 e. The number of hydrogen-bond donors (Lipinski definition) is 1. The molecule has 20 heavy (non-hydrogen) atoms. The number of ether oxygens (including phenoxy) is 2. The van der Waals surface area contributed by atoms with Crippen LogP contribution in [-0.4, -0.2) is 45.3 Å². The molecule has 1 fully saturated rings. The zero-order valence-corrected chi connectivity index (χ0v) is 13.0. The topological polar surface area (TPSA) is 33.7 Å². The number of methoxy groups -OCH3 is 2. The second-order valence-corrected chi connectivity index (χ2v) is 5.44. The van der Waals surface area contributed by atoms with E-state index in [2.05, 4.69) is 29.3 Å². The fourth-order valence-corrected chi connectivity index (χ4v) is 2.93. The van der Waals surface area contributed by atoms with Gasteiger partial charge in [0.25, 0.3) is 0 Å². The van der Waals surface area contributed by atoms with E-state index in [1.807, 2.05) is 13.1 Å². The van der Waals surface area contributed by atoms with Gasteiger partial charge in [-0.3, -0.25) is 4.90 Å². The monoisotopic (exact) mass is 278 g/mol. The van der Waals surface area contributed by atoms with E-state index in [0.29, 0.717) is 12.1 Å². The molecular formula is C16H26N2O2. The lowest BCUT2D eigenvalue weighted by molar-refractivity contribution is 0.241. The second kappa shape index (κ2) is 6.95. The van der Waals surface area contributed by atoms with E-state index in [9.17, 15) is 0 Å². The molecule has 0 aromatic heterocycles. The van der Waals surface area contributed by atoms with Crippen molar-refractivity contribution >= 4 is 0 Å². The van der Waals surface area contributed by atoms with Gasteiger partial charge >= 0.3 is 0 Å². The smallest absolute Gasteiger partial charge is 0.161 e. The van der Waals surface area contributed by atoms with Crippen molar-refractivity contribution in [2.45, 2.75) is 31.8 Å². The highest BCUT2D eigenvalue weighted by Crippen LogP contribution is 2.31. The summed E-state index contributed by atoms with van der Waals surface area (Å²) in [4.78, 5) is 2.55. The minimum atomic E-state index is 0.315. The van der Waals surface area contributed by atoms with Crippen LogP contribution in [0.3, 0.4) is 0 Å². The summed E-state index contributed by atoms with van der Waals surface area (Å²) in [7, 11) is 5.36. The van der Waals surface area contributed by atoms with Crippen molar-refractivity contribution in [3.05, 3.63) is 23.8 Å². The van der Waals surface area contributed by atoms with Gasteiger partial charge in [0.1, 0.15) is 0 Å². The maximum absolute atomic E-state index is 5.40. The number of likely N-dealkylation sites (tertiary alicyclic amines) is 1. The third-order valence-corrected chi connectivity index (χ3v) is 4.27. The number of hydrogen-bond acceptors (Lipinski definition) is 4. The average molecular weight is 278 g/mol. The molecule has 2 rings (SSSR count). The summed E-state index contributed by atoms with van der Waals surface area (Å²) in [6, 6.07) is 7.16. The number of nitrogens with one attached hydrogen (secondary N) is 1. The lowest BCUT2D eigenvalue weighted by Gasteiger charge is -2.27. The summed E-state index contributed by atoms with van der Waals surface area (Å²) in [5, 5.41) is 3.42. The van der Waals surface area contributed by atoms with E-state index in [-0.39, 0.29) is 0 Å². The van der Waals surface area contributed by atoms with Gasteiger partial charge in [0.15, 0.2) is 11.5 Å². The summed E-state index contributed by atoms with van der Waals surface area (Å²) in [5.74, 6) is 1.57. The van der Waals surface area contributed by atoms with E-state index >= 15 is 0 Å². The Morgan fingerprint density at radius 3 is 2.60 bits per heavy atom. The van der Waals surface area contributed by atoms with Crippen LogP contribution in [0.4, 0.5) is 0 Å². The molecule has 0 bridgehead atoms. The van der Waals surface area contributed by atoms with Gasteiger partial charge in [0.05, 0.1) is 14.2 Å². The molecule has 4 heteroatoms. The van der Waals surface area contributed by atoms with Crippen molar-refractivity contribution < 1.29 is 9.47 Å². The van der Waals surface area contributed by atoms with Crippen molar-refractivity contribution in [3.63, 3.8) is 0 Å². The van der Waals surface area contributed by atoms with Crippen molar-refractivity contribution in [2.75, 3.05) is 34.4 Å². The molecule has 1 aromatic rings. The molecule has 0 aliphatic carbocycles. The fraction of sp³-hybridized carbons (Fsp3) is 0.625. The quantitative estimate of drug-likeness (QED) is 0.866. The normalized spacial score (nSPS) is 20.9. The molecule has 0 saturated carbocycles. The predicted octanol–water partition coefficient (Wildman–Crippen LogP) is 2.45. The lowest BCUT2D eigenvalue weighted by atomic mass is 10.1. The van der Waals surface area contributed by atoms with Crippen LogP contribution in [-0.2, 0) is 0 Å². The molecule has 1 N–H and O–H groups in total. The molecule has 2 unspecified atom stereocenters. The maximum atomic E-state index is 5.40. The molecule has 0 amide bonds. The van der Waals surface area contributed by atoms with Crippen LogP contribution < -0.4 is 14.8 Å². The lowest BCUT2D eigenvalue weighted by Crippen LogP contribution is -2.35. The molecule has 4 nitrogen and oxygen atoms in total. The van der Waals surface area contributed by atoms with Gasteiger partial charge in [-0.2, -0.15) is 0 Å². The van der Waals surface area contributed by atoms with Crippen LogP contribution in [0, 0.1) is 0 Å². The highest BCUT2D eigenvalue weighted by molar-refractivity contribution is 5.43. The summed E-state index contributed by atoms with van der Waals surface area (Å²) in [6.45, 7) is 4.55. The third kappa shape index (κ3) is 3.25. The van der Waals surface area contributed by atoms with Crippen LogP contribution in [0.25, 0.3) is 0 Å². The first-order valence-electron chi connectivity index (χ1n) is 7.32. The molecule has 1 heterocycles. The van der Waals surface area contributed by atoms with Crippen LogP contribution in [0.1, 0.15) is 31.4 Å². The molecule has 1 aromatic carbocycles. The summed E-state index contributed by atoms with van der Waals surface area (Å²) in [6.07, 6.45) is 2.62. The Bertz CT molecular complexity index is 436. The predicted molar refractivity (Wildman–Crippen MR) is 81.6 cm³/mol. The van der Waals surface area contributed by atoms with Gasteiger partial charge in [-0.15, -0.1) is 0 Å². The molecule has 1 aliphatic rings. The fourth-order valence-electron chi connectivity index (χ4n) is 2.93. The zero-order chi connectivity index (χ0) is 14.5. The minimum absolute atomic E-state index is 0.315. The third-order valence-electron chi connectivity index (χ3n) is 4.27. The Hall–Kier alpha value is -1.26. The van der Waals surface area contributed by atoms with E-state index < -0.39 is 0 Å². The van der Waals surface area contributed by atoms with Crippen LogP contribution in [0.2, 0.25) is 0 Å². The summed E-state index contributed by atoms with van der Waals surface area (Å²) >= 11 is 0. The highest BCUT2D eigenvalue weighted by Gasteiger charge is 2.24. The van der Waals surface area contributed by atoms with Gasteiger partial charge in [-0.25, -0.2) is 0 Å². The molecule has 2 atom stereocenters. The van der Waals surface area contributed by atoms with E-state index in [1.165, 1.54) is 24.9 Å². The van der Waals surface area contributed by atoms with Crippen molar-refractivity contribution in [2.24, 2.45) is 0 Å². The standard InChI is InChI=1S/C16H26N2O2/c1-12-6-5-9-18(12)11-14(17-2)13-7-8-15(19-3)16(10-13)20-4/h7-8,10,12,14,17H,5-6,9,11H2,1-4H3.